The normalized spacial score (nSPS) is 20.9. The molecule has 1 fully saturated rings. The number of rotatable bonds is 3. The molecule has 0 aromatic carbocycles. The highest BCUT2D eigenvalue weighted by Crippen LogP contribution is 2.22. The number of amides is 1. The van der Waals surface area contributed by atoms with E-state index in [4.69, 9.17) is 4.74 Å². The monoisotopic (exact) mass is 376 g/mol. The quantitative estimate of drug-likeness (QED) is 0.717. The number of hydrogen-bond donors (Lipinski definition) is 2. The smallest absolute Gasteiger partial charge is 0.255 e. The molecule has 0 saturated carbocycles. The molecule has 2 N–H and O–H groups in total. The molecule has 4 rings (SSSR count). The largest absolute Gasteiger partial charge is 0.377 e. The summed E-state index contributed by atoms with van der Waals surface area (Å²) < 4.78 is 8.20. The summed E-state index contributed by atoms with van der Waals surface area (Å²) in [6.07, 6.45) is 8.29. The first-order valence-electron chi connectivity index (χ1n) is 7.08. The lowest BCUT2D eigenvalue weighted by atomic mass is 10.1. The average molecular weight is 377 g/mol. The Hall–Kier alpha value is -2.26. The summed E-state index contributed by atoms with van der Waals surface area (Å²) in [5.74, 6) is -0.220. The van der Waals surface area contributed by atoms with Crippen molar-refractivity contribution in [3.05, 3.63) is 41.2 Å². The van der Waals surface area contributed by atoms with Gasteiger partial charge in [-0.05, 0) is 15.9 Å². The second-order valence-electron chi connectivity index (χ2n) is 5.31. The zero-order valence-corrected chi connectivity index (χ0v) is 13.5. The van der Waals surface area contributed by atoms with Gasteiger partial charge in [0.25, 0.3) is 5.91 Å². The van der Waals surface area contributed by atoms with E-state index >= 15 is 0 Å². The summed E-state index contributed by atoms with van der Waals surface area (Å²) in [5, 5.41) is 7.28. The van der Waals surface area contributed by atoms with Gasteiger partial charge < -0.3 is 15.0 Å². The summed E-state index contributed by atoms with van der Waals surface area (Å²) in [6, 6.07) is -0.208. The number of hydrogen-bond acceptors (Lipinski definition) is 5. The second kappa shape index (κ2) is 5.74. The van der Waals surface area contributed by atoms with Gasteiger partial charge in [-0.25, -0.2) is 4.98 Å². The standard InChI is InChI=1S/C14H13BrN6O2/c15-8-1-19-21(4-8)12-6-23-5-11(12)20-14(22)9-2-16-3-10-13(9)18-7-17-10/h1-4,7,11-12H,5-6H2,(H,17,18)(H,20,22)/t11-,12+/m0/s1. The Morgan fingerprint density at radius 1 is 1.39 bits per heavy atom. The number of fused-ring (bicyclic) bond motifs is 1. The fraction of sp³-hybridized carbons (Fsp3) is 0.286. The predicted octanol–water partition coefficient (Wildman–Crippen LogP) is 1.29. The fourth-order valence-electron chi connectivity index (χ4n) is 2.71. The molecule has 1 saturated heterocycles. The number of aromatic nitrogens is 5. The molecule has 23 heavy (non-hydrogen) atoms. The highest BCUT2D eigenvalue weighted by molar-refractivity contribution is 9.10. The van der Waals surface area contributed by atoms with Crippen LogP contribution in [-0.2, 0) is 4.74 Å². The molecule has 8 nitrogen and oxygen atoms in total. The molecule has 2 atom stereocenters. The van der Waals surface area contributed by atoms with Crippen LogP contribution in [0, 0.1) is 0 Å². The van der Waals surface area contributed by atoms with Gasteiger partial charge >= 0.3 is 0 Å². The third kappa shape index (κ3) is 2.62. The average Bonchev–Trinajstić information content (AvgIpc) is 3.26. The lowest BCUT2D eigenvalue weighted by molar-refractivity contribution is 0.0926. The third-order valence-corrected chi connectivity index (χ3v) is 4.26. The van der Waals surface area contributed by atoms with Crippen LogP contribution in [0.5, 0.6) is 0 Å². The highest BCUT2D eigenvalue weighted by atomic mass is 79.9. The van der Waals surface area contributed by atoms with Crippen LogP contribution in [0.15, 0.2) is 35.6 Å². The van der Waals surface area contributed by atoms with Crippen LogP contribution in [0.1, 0.15) is 16.4 Å². The summed E-state index contributed by atoms with van der Waals surface area (Å²) >= 11 is 3.38. The van der Waals surface area contributed by atoms with Crippen LogP contribution in [0.25, 0.3) is 11.0 Å². The van der Waals surface area contributed by atoms with Gasteiger partial charge in [-0.1, -0.05) is 0 Å². The number of halogens is 1. The molecule has 3 aromatic heterocycles. The van der Waals surface area contributed by atoms with E-state index in [1.807, 2.05) is 6.20 Å². The SMILES string of the molecule is O=C(N[C@H]1COC[C@H]1n1cc(Br)cn1)c1cncc2[nH]cnc12. The van der Waals surface area contributed by atoms with E-state index in [-0.39, 0.29) is 18.0 Å². The molecule has 3 aromatic rings. The van der Waals surface area contributed by atoms with Crippen molar-refractivity contribution in [3.8, 4) is 0 Å². The molecule has 4 heterocycles. The van der Waals surface area contributed by atoms with E-state index in [2.05, 4.69) is 41.3 Å². The van der Waals surface area contributed by atoms with Gasteiger partial charge in [0, 0.05) is 12.4 Å². The minimum atomic E-state index is -0.220. The van der Waals surface area contributed by atoms with E-state index < -0.39 is 0 Å². The number of H-pyrrole nitrogens is 1. The third-order valence-electron chi connectivity index (χ3n) is 3.85. The summed E-state index contributed by atoms with van der Waals surface area (Å²) in [6.45, 7) is 0.946. The van der Waals surface area contributed by atoms with E-state index in [0.717, 1.165) is 9.99 Å². The minimum absolute atomic E-state index is 0.0448. The molecule has 0 unspecified atom stereocenters. The van der Waals surface area contributed by atoms with Crippen molar-refractivity contribution in [1.82, 2.24) is 30.0 Å². The van der Waals surface area contributed by atoms with Crippen LogP contribution in [0.2, 0.25) is 0 Å². The number of nitrogens with one attached hydrogen (secondary N) is 2. The van der Waals surface area contributed by atoms with E-state index in [1.54, 1.807) is 23.4 Å². The Bertz CT molecular complexity index is 860. The lowest BCUT2D eigenvalue weighted by Gasteiger charge is -2.19. The van der Waals surface area contributed by atoms with Crippen molar-refractivity contribution < 1.29 is 9.53 Å². The van der Waals surface area contributed by atoms with Gasteiger partial charge in [-0.15, -0.1) is 0 Å². The van der Waals surface area contributed by atoms with Crippen LogP contribution < -0.4 is 5.32 Å². The highest BCUT2D eigenvalue weighted by Gasteiger charge is 2.32. The number of carbonyl (C=O) groups excluding carboxylic acids is 1. The number of nitrogens with zero attached hydrogens (tertiary/aromatic N) is 4. The van der Waals surface area contributed by atoms with Crippen LogP contribution in [0.4, 0.5) is 0 Å². The van der Waals surface area contributed by atoms with Crippen LogP contribution in [-0.4, -0.2) is 49.9 Å². The Kier molecular flexibility index (Phi) is 3.58. The molecule has 0 bridgehead atoms. The molecule has 0 aliphatic carbocycles. The first-order chi connectivity index (χ1) is 11.2. The maximum atomic E-state index is 12.6. The molecule has 1 aliphatic heterocycles. The van der Waals surface area contributed by atoms with E-state index in [1.165, 1.54) is 6.20 Å². The topological polar surface area (TPSA) is 97.7 Å². The van der Waals surface area contributed by atoms with Crippen molar-refractivity contribution >= 4 is 32.9 Å². The number of imidazole rings is 1. The van der Waals surface area contributed by atoms with Crippen molar-refractivity contribution in [2.24, 2.45) is 0 Å². The maximum absolute atomic E-state index is 12.6. The van der Waals surface area contributed by atoms with E-state index in [9.17, 15) is 4.79 Å². The zero-order chi connectivity index (χ0) is 15.8. The van der Waals surface area contributed by atoms with Crippen molar-refractivity contribution in [3.63, 3.8) is 0 Å². The van der Waals surface area contributed by atoms with Gasteiger partial charge in [-0.3, -0.25) is 14.5 Å². The van der Waals surface area contributed by atoms with E-state index in [0.29, 0.717) is 24.3 Å². The van der Waals surface area contributed by atoms with Crippen LogP contribution in [0.3, 0.4) is 0 Å². The Morgan fingerprint density at radius 3 is 3.13 bits per heavy atom. The Balaban J connectivity index is 1.57. The summed E-state index contributed by atoms with van der Waals surface area (Å²) in [4.78, 5) is 23.8. The Labute approximate surface area is 139 Å². The number of ether oxygens (including phenoxy) is 1. The van der Waals surface area contributed by atoms with Gasteiger partial charge in [0.1, 0.15) is 5.52 Å². The molecule has 1 aliphatic rings. The molecular formula is C14H13BrN6O2. The molecule has 1 amide bonds. The molecule has 118 valence electrons. The zero-order valence-electron chi connectivity index (χ0n) is 11.9. The van der Waals surface area contributed by atoms with Gasteiger partial charge in [0.05, 0.1) is 59.6 Å². The summed E-state index contributed by atoms with van der Waals surface area (Å²) in [5.41, 5.74) is 1.78. The molecule has 0 radical (unpaired) electrons. The minimum Gasteiger partial charge on any atom is -0.377 e. The van der Waals surface area contributed by atoms with Crippen molar-refractivity contribution in [2.75, 3.05) is 13.2 Å². The Morgan fingerprint density at radius 2 is 2.30 bits per heavy atom. The molecular weight excluding hydrogens is 364 g/mol. The number of pyridine rings is 1. The first-order valence-corrected chi connectivity index (χ1v) is 7.87. The number of carbonyl (C=O) groups is 1. The van der Waals surface area contributed by atoms with Gasteiger partial charge in [0.15, 0.2) is 0 Å². The number of aromatic amines is 1. The first kappa shape index (κ1) is 14.3. The fourth-order valence-corrected chi connectivity index (χ4v) is 3.02. The molecule has 0 spiro atoms. The maximum Gasteiger partial charge on any atom is 0.255 e. The van der Waals surface area contributed by atoms with Crippen molar-refractivity contribution in [1.29, 1.82) is 0 Å². The van der Waals surface area contributed by atoms with Gasteiger partial charge in [-0.2, -0.15) is 5.10 Å². The van der Waals surface area contributed by atoms with Crippen LogP contribution >= 0.6 is 15.9 Å². The second-order valence-corrected chi connectivity index (χ2v) is 6.22. The summed E-state index contributed by atoms with van der Waals surface area (Å²) in [7, 11) is 0. The molecule has 9 heteroatoms. The predicted molar refractivity (Wildman–Crippen MR) is 84.9 cm³/mol. The van der Waals surface area contributed by atoms with Crippen molar-refractivity contribution in [2.45, 2.75) is 12.1 Å². The van der Waals surface area contributed by atoms with Gasteiger partial charge in [0.2, 0.25) is 0 Å². The lowest BCUT2D eigenvalue weighted by Crippen LogP contribution is -2.41.